The summed E-state index contributed by atoms with van der Waals surface area (Å²) in [5.74, 6) is -0.213. The molecule has 0 bridgehead atoms. The minimum Gasteiger partial charge on any atom is -0.456 e. The predicted molar refractivity (Wildman–Crippen MR) is 58.6 cm³/mol. The Hall–Kier alpha value is -1.58. The monoisotopic (exact) mass is 208 g/mol. The molecule has 1 heterocycles. The number of hydrogen-bond acceptors (Lipinski definition) is 4. The molecule has 4 heteroatoms. The SMILES string of the molecule is Cc1ccnc(N)c1C(=O)OC(C)(C)C. The zero-order chi connectivity index (χ0) is 11.6. The molecule has 1 aromatic heterocycles. The Morgan fingerprint density at radius 3 is 2.53 bits per heavy atom. The number of nitrogens with zero attached hydrogens (tertiary/aromatic N) is 1. The average molecular weight is 208 g/mol. The normalized spacial score (nSPS) is 11.2. The zero-order valence-electron chi connectivity index (χ0n) is 9.50. The third kappa shape index (κ3) is 2.94. The fourth-order valence-electron chi connectivity index (χ4n) is 1.17. The van der Waals surface area contributed by atoms with Crippen molar-refractivity contribution in [3.63, 3.8) is 0 Å². The summed E-state index contributed by atoms with van der Waals surface area (Å²) >= 11 is 0. The lowest BCUT2D eigenvalue weighted by Gasteiger charge is -2.20. The van der Waals surface area contributed by atoms with Gasteiger partial charge in [-0.25, -0.2) is 9.78 Å². The molecule has 0 radical (unpaired) electrons. The van der Waals surface area contributed by atoms with E-state index in [1.54, 1.807) is 19.2 Å². The highest BCUT2D eigenvalue weighted by atomic mass is 16.6. The lowest BCUT2D eigenvalue weighted by Crippen LogP contribution is -2.25. The number of ether oxygens (including phenoxy) is 1. The fraction of sp³-hybridized carbons (Fsp3) is 0.455. The number of esters is 1. The van der Waals surface area contributed by atoms with Crippen LogP contribution in [0.4, 0.5) is 5.82 Å². The van der Waals surface area contributed by atoms with E-state index in [2.05, 4.69) is 4.98 Å². The first-order valence-electron chi connectivity index (χ1n) is 4.75. The van der Waals surface area contributed by atoms with E-state index in [0.29, 0.717) is 5.56 Å². The van der Waals surface area contributed by atoms with Crippen molar-refractivity contribution in [2.75, 3.05) is 5.73 Å². The number of aryl methyl sites for hydroxylation is 1. The van der Waals surface area contributed by atoms with E-state index in [4.69, 9.17) is 10.5 Å². The van der Waals surface area contributed by atoms with Crippen molar-refractivity contribution in [2.24, 2.45) is 0 Å². The van der Waals surface area contributed by atoms with E-state index in [1.165, 1.54) is 0 Å². The summed E-state index contributed by atoms with van der Waals surface area (Å²) in [5.41, 5.74) is 6.24. The molecular formula is C11H16N2O2. The largest absolute Gasteiger partial charge is 0.456 e. The van der Waals surface area contributed by atoms with Gasteiger partial charge < -0.3 is 10.5 Å². The Kier molecular flexibility index (Phi) is 2.98. The molecule has 0 aliphatic rings. The maximum absolute atomic E-state index is 11.8. The second-order valence-corrected chi connectivity index (χ2v) is 4.39. The van der Waals surface area contributed by atoms with Gasteiger partial charge in [0.2, 0.25) is 0 Å². The van der Waals surface area contributed by atoms with E-state index in [0.717, 1.165) is 5.56 Å². The van der Waals surface area contributed by atoms with Crippen molar-refractivity contribution < 1.29 is 9.53 Å². The van der Waals surface area contributed by atoms with Crippen molar-refractivity contribution >= 4 is 11.8 Å². The number of carbonyl (C=O) groups is 1. The van der Waals surface area contributed by atoms with Gasteiger partial charge in [-0.05, 0) is 39.3 Å². The van der Waals surface area contributed by atoms with E-state index < -0.39 is 11.6 Å². The van der Waals surface area contributed by atoms with Crippen LogP contribution in [0, 0.1) is 6.92 Å². The van der Waals surface area contributed by atoms with Crippen LogP contribution in [0.3, 0.4) is 0 Å². The molecule has 0 aliphatic carbocycles. The van der Waals surface area contributed by atoms with Crippen LogP contribution in [0.2, 0.25) is 0 Å². The van der Waals surface area contributed by atoms with Crippen LogP contribution >= 0.6 is 0 Å². The third-order valence-corrected chi connectivity index (χ3v) is 1.79. The summed E-state index contributed by atoms with van der Waals surface area (Å²) < 4.78 is 5.23. The van der Waals surface area contributed by atoms with Gasteiger partial charge in [0.25, 0.3) is 0 Å². The van der Waals surface area contributed by atoms with Gasteiger partial charge in [0.15, 0.2) is 0 Å². The number of nitrogens with two attached hydrogens (primary N) is 1. The number of pyridine rings is 1. The van der Waals surface area contributed by atoms with Crippen molar-refractivity contribution in [3.05, 3.63) is 23.4 Å². The van der Waals surface area contributed by atoms with Crippen LogP contribution in [-0.2, 0) is 4.74 Å². The Balaban J connectivity index is 3.02. The quantitative estimate of drug-likeness (QED) is 0.716. The molecule has 0 saturated heterocycles. The van der Waals surface area contributed by atoms with Crippen LogP contribution < -0.4 is 5.73 Å². The molecule has 0 saturated carbocycles. The molecule has 0 amide bonds. The number of anilines is 1. The number of aromatic nitrogens is 1. The third-order valence-electron chi connectivity index (χ3n) is 1.79. The second-order valence-electron chi connectivity index (χ2n) is 4.39. The molecule has 0 unspecified atom stereocenters. The van der Waals surface area contributed by atoms with Crippen LogP contribution in [0.25, 0.3) is 0 Å². The Morgan fingerprint density at radius 2 is 2.07 bits per heavy atom. The summed E-state index contributed by atoms with van der Waals surface area (Å²) in [5, 5.41) is 0. The van der Waals surface area contributed by atoms with Gasteiger partial charge in [-0.1, -0.05) is 0 Å². The first-order chi connectivity index (χ1) is 6.81. The molecule has 82 valence electrons. The molecule has 1 rings (SSSR count). The van der Waals surface area contributed by atoms with Gasteiger partial charge in [0.05, 0.1) is 0 Å². The maximum Gasteiger partial charge on any atom is 0.342 e. The fourth-order valence-corrected chi connectivity index (χ4v) is 1.17. The minimum atomic E-state index is -0.522. The molecule has 15 heavy (non-hydrogen) atoms. The Bertz CT molecular complexity index is 360. The number of nitrogen functional groups attached to an aromatic ring is 1. The predicted octanol–water partition coefficient (Wildman–Crippen LogP) is 1.93. The van der Waals surface area contributed by atoms with Crippen LogP contribution in [0.5, 0.6) is 0 Å². The molecule has 4 nitrogen and oxygen atoms in total. The molecular weight excluding hydrogens is 192 g/mol. The maximum atomic E-state index is 11.8. The smallest absolute Gasteiger partial charge is 0.342 e. The molecule has 0 fully saturated rings. The first-order valence-corrected chi connectivity index (χ1v) is 4.75. The minimum absolute atomic E-state index is 0.212. The van der Waals surface area contributed by atoms with Gasteiger partial charge >= 0.3 is 5.97 Å². The topological polar surface area (TPSA) is 65.2 Å². The number of rotatable bonds is 1. The summed E-state index contributed by atoms with van der Waals surface area (Å²) in [6.45, 7) is 7.24. The van der Waals surface area contributed by atoms with Crippen molar-refractivity contribution in [1.82, 2.24) is 4.98 Å². The molecule has 0 spiro atoms. The highest BCUT2D eigenvalue weighted by Gasteiger charge is 2.21. The number of hydrogen-bond donors (Lipinski definition) is 1. The van der Waals surface area contributed by atoms with Gasteiger partial charge in [0, 0.05) is 6.20 Å². The van der Waals surface area contributed by atoms with E-state index in [1.807, 2.05) is 20.8 Å². The molecule has 2 N–H and O–H groups in total. The summed E-state index contributed by atoms with van der Waals surface area (Å²) in [6, 6.07) is 1.73. The van der Waals surface area contributed by atoms with Crippen LogP contribution in [0.15, 0.2) is 12.3 Å². The summed E-state index contributed by atoms with van der Waals surface area (Å²) in [4.78, 5) is 15.6. The summed E-state index contributed by atoms with van der Waals surface area (Å²) in [7, 11) is 0. The standard InChI is InChI=1S/C11H16N2O2/c1-7-5-6-13-9(12)8(7)10(14)15-11(2,3)4/h5-6H,1-4H3,(H2,12,13). The van der Waals surface area contributed by atoms with Crippen molar-refractivity contribution in [3.8, 4) is 0 Å². The molecule has 0 aliphatic heterocycles. The van der Waals surface area contributed by atoms with Gasteiger partial charge in [-0.2, -0.15) is 0 Å². The number of carbonyl (C=O) groups excluding carboxylic acids is 1. The van der Waals surface area contributed by atoms with E-state index in [9.17, 15) is 4.79 Å². The zero-order valence-corrected chi connectivity index (χ0v) is 9.50. The van der Waals surface area contributed by atoms with Gasteiger partial charge in [0.1, 0.15) is 17.0 Å². The highest BCUT2D eigenvalue weighted by Crippen LogP contribution is 2.18. The van der Waals surface area contributed by atoms with E-state index in [-0.39, 0.29) is 5.82 Å². The summed E-state index contributed by atoms with van der Waals surface area (Å²) in [6.07, 6.45) is 1.57. The van der Waals surface area contributed by atoms with E-state index >= 15 is 0 Å². The molecule has 1 aromatic rings. The highest BCUT2D eigenvalue weighted by molar-refractivity contribution is 5.95. The van der Waals surface area contributed by atoms with Gasteiger partial charge in [-0.15, -0.1) is 0 Å². The Labute approximate surface area is 89.5 Å². The van der Waals surface area contributed by atoms with Gasteiger partial charge in [-0.3, -0.25) is 0 Å². The molecule has 0 aromatic carbocycles. The van der Waals surface area contributed by atoms with Crippen LogP contribution in [0.1, 0.15) is 36.7 Å². The lowest BCUT2D eigenvalue weighted by molar-refractivity contribution is 0.00697. The Morgan fingerprint density at radius 1 is 1.47 bits per heavy atom. The average Bonchev–Trinajstić information content (AvgIpc) is 1.99. The van der Waals surface area contributed by atoms with Crippen LogP contribution in [-0.4, -0.2) is 16.6 Å². The van der Waals surface area contributed by atoms with Crippen molar-refractivity contribution in [1.29, 1.82) is 0 Å². The molecule has 0 atom stereocenters. The lowest BCUT2D eigenvalue weighted by atomic mass is 10.1. The van der Waals surface area contributed by atoms with Crippen molar-refractivity contribution in [2.45, 2.75) is 33.3 Å². The second kappa shape index (κ2) is 3.88. The first kappa shape index (κ1) is 11.5.